The van der Waals surface area contributed by atoms with E-state index in [0.717, 1.165) is 66.3 Å². The van der Waals surface area contributed by atoms with Crippen LogP contribution in [0.3, 0.4) is 0 Å². The van der Waals surface area contributed by atoms with Gasteiger partial charge in [-0.1, -0.05) is 72.4 Å². The number of halogens is 2. The average Bonchev–Trinajstić information content (AvgIpc) is 3.86. The molecule has 4 fully saturated rings. The van der Waals surface area contributed by atoms with E-state index in [2.05, 4.69) is 9.80 Å². The predicted octanol–water partition coefficient (Wildman–Crippen LogP) is 9.99. The number of Topliss-reactive ketones (excluding diaryl/α,β-unsaturated/α-hetero) is 1. The van der Waals surface area contributed by atoms with Gasteiger partial charge in [0.25, 0.3) is 17.6 Å². The largest absolute Gasteiger partial charge is 0.487 e. The van der Waals surface area contributed by atoms with Crippen LogP contribution in [0.2, 0.25) is 10.0 Å². The molecule has 2 amide bonds. The number of amides is 2. The summed E-state index contributed by atoms with van der Waals surface area (Å²) in [6.45, 7) is 7.73. The molecule has 4 saturated heterocycles. The number of likely N-dealkylation sites (tertiary alicyclic amines) is 4. The van der Waals surface area contributed by atoms with Crippen LogP contribution in [0.1, 0.15) is 97.6 Å². The first-order chi connectivity index (χ1) is 34.0. The number of carbonyl (C=O) groups excluding carboxylic acids is 3. The van der Waals surface area contributed by atoms with Crippen LogP contribution in [-0.2, 0) is 36.9 Å². The van der Waals surface area contributed by atoms with E-state index in [1.807, 2.05) is 88.8 Å². The molecule has 1 N–H and O–H groups in total. The van der Waals surface area contributed by atoms with Gasteiger partial charge in [-0.15, -0.1) is 0 Å². The molecule has 2 aromatic heterocycles. The fourth-order valence-corrected chi connectivity index (χ4v) is 11.4. The minimum Gasteiger partial charge on any atom is -0.487 e. The number of benzene rings is 4. The molecule has 4 aromatic carbocycles. The van der Waals surface area contributed by atoms with E-state index in [4.69, 9.17) is 32.7 Å². The number of hydrogen-bond acceptors (Lipinski definition) is 8. The first kappa shape index (κ1) is 49.6. The van der Waals surface area contributed by atoms with Gasteiger partial charge in [-0.2, -0.15) is 0 Å². The number of rotatable bonds is 12. The van der Waals surface area contributed by atoms with Gasteiger partial charge >= 0.3 is 0 Å². The standard InChI is InChI=1S/C28H34ClN3O3.C28H32ClN3O3/c2*1-30-24-8-4-3-7-23(24)26(25(30)19-35-22-11-9-20(29)10-12-22)27(33)28(34)32-17-13-21(14-18-32)31-15-5-2-6-16-31/h3-4,7-12,21,27,33H,2,5-6,13-19H2,1H3;3-4,7-12,21H,2,5-6,13-19H2,1H3. The lowest BCUT2D eigenvalue weighted by Crippen LogP contribution is -2.49. The lowest BCUT2D eigenvalue weighted by molar-refractivity contribution is -0.142. The Morgan fingerprint density at radius 3 is 1.50 bits per heavy atom. The summed E-state index contributed by atoms with van der Waals surface area (Å²) in [5.74, 6) is 0.265. The second kappa shape index (κ2) is 22.8. The van der Waals surface area contributed by atoms with Crippen LogP contribution in [-0.4, -0.2) is 116 Å². The molecule has 14 heteroatoms. The number of aryl methyl sites for hydroxylation is 2. The second-order valence-corrected chi connectivity index (χ2v) is 20.2. The van der Waals surface area contributed by atoms with Crippen LogP contribution in [0.25, 0.3) is 21.8 Å². The van der Waals surface area contributed by atoms with E-state index in [-0.39, 0.29) is 19.1 Å². The molecular weight excluding hydrogens is 924 g/mol. The number of aromatic nitrogens is 2. The molecule has 6 aromatic rings. The Kier molecular flexibility index (Phi) is 16.2. The number of para-hydroxylation sites is 2. The van der Waals surface area contributed by atoms with E-state index in [1.54, 1.807) is 41.3 Å². The summed E-state index contributed by atoms with van der Waals surface area (Å²) < 4.78 is 16.0. The molecule has 6 heterocycles. The number of ketones is 1. The van der Waals surface area contributed by atoms with E-state index < -0.39 is 17.8 Å². The molecule has 0 bridgehead atoms. The summed E-state index contributed by atoms with van der Waals surface area (Å²) in [4.78, 5) is 49.3. The van der Waals surface area contributed by atoms with Gasteiger partial charge in [0.2, 0.25) is 0 Å². The molecule has 0 spiro atoms. The molecule has 12 nitrogen and oxygen atoms in total. The predicted molar refractivity (Wildman–Crippen MR) is 277 cm³/mol. The fourth-order valence-electron chi connectivity index (χ4n) is 11.2. The topological polar surface area (TPSA) is 113 Å². The highest BCUT2D eigenvalue weighted by Crippen LogP contribution is 2.34. The van der Waals surface area contributed by atoms with Crippen molar-refractivity contribution >= 4 is 62.6 Å². The molecule has 370 valence electrons. The molecule has 70 heavy (non-hydrogen) atoms. The SMILES string of the molecule is Cn1c(COc2ccc(Cl)cc2)c(C(=O)C(=O)N2CCC(N3CCCCC3)CC2)c2ccccc21.Cn1c(COc2ccc(Cl)cc2)c(C(O)C(=O)N2CCC(N3CCCCC3)CC2)c2ccccc21. The third-order valence-electron chi connectivity index (χ3n) is 15.1. The molecule has 4 aliphatic rings. The van der Waals surface area contributed by atoms with Crippen molar-refractivity contribution in [1.82, 2.24) is 28.7 Å². The van der Waals surface area contributed by atoms with Gasteiger partial charge in [-0.25, -0.2) is 0 Å². The highest BCUT2D eigenvalue weighted by Gasteiger charge is 2.35. The first-order valence-corrected chi connectivity index (χ1v) is 26.0. The van der Waals surface area contributed by atoms with E-state index in [0.29, 0.717) is 76.6 Å². The summed E-state index contributed by atoms with van der Waals surface area (Å²) in [6, 6.07) is 31.0. The van der Waals surface area contributed by atoms with Crippen LogP contribution < -0.4 is 9.47 Å². The van der Waals surface area contributed by atoms with E-state index >= 15 is 0 Å². The number of piperidine rings is 4. The van der Waals surface area contributed by atoms with E-state index in [1.165, 1.54) is 51.6 Å². The van der Waals surface area contributed by atoms with Crippen LogP contribution in [0.5, 0.6) is 11.5 Å². The monoisotopic (exact) mass is 988 g/mol. The summed E-state index contributed by atoms with van der Waals surface area (Å²) in [6.07, 6.45) is 10.3. The molecule has 0 saturated carbocycles. The van der Waals surface area contributed by atoms with E-state index in [9.17, 15) is 19.5 Å². The maximum absolute atomic E-state index is 13.6. The second-order valence-electron chi connectivity index (χ2n) is 19.3. The minimum absolute atomic E-state index is 0.179. The molecule has 0 radical (unpaired) electrons. The van der Waals surface area contributed by atoms with Crippen LogP contribution in [0.15, 0.2) is 97.1 Å². The van der Waals surface area contributed by atoms with Gasteiger partial charge in [0, 0.05) is 89.8 Å². The minimum atomic E-state index is -1.23. The molecule has 0 aliphatic carbocycles. The molecule has 4 aliphatic heterocycles. The Morgan fingerprint density at radius 1 is 0.557 bits per heavy atom. The Labute approximate surface area is 421 Å². The molecule has 10 rings (SSSR count). The number of fused-ring (bicyclic) bond motifs is 2. The van der Waals surface area contributed by atoms with Crippen molar-refractivity contribution in [2.45, 2.75) is 95.6 Å². The van der Waals surface area contributed by atoms with Crippen LogP contribution in [0, 0.1) is 0 Å². The summed E-state index contributed by atoms with van der Waals surface area (Å²) in [5.41, 5.74) is 4.45. The summed E-state index contributed by atoms with van der Waals surface area (Å²) in [5, 5.41) is 14.3. The summed E-state index contributed by atoms with van der Waals surface area (Å²) >= 11 is 12.0. The highest BCUT2D eigenvalue weighted by molar-refractivity contribution is 6.45. The van der Waals surface area contributed by atoms with Gasteiger partial charge in [0.05, 0.1) is 17.0 Å². The van der Waals surface area contributed by atoms with Crippen molar-refractivity contribution in [3.8, 4) is 11.5 Å². The first-order valence-electron chi connectivity index (χ1n) is 25.2. The Bertz CT molecular complexity index is 2750. The Hall–Kier alpha value is -5.37. The van der Waals surface area contributed by atoms with Crippen molar-refractivity contribution in [3.63, 3.8) is 0 Å². The number of ether oxygens (including phenoxy) is 2. The van der Waals surface area contributed by atoms with Gasteiger partial charge in [-0.3, -0.25) is 14.4 Å². The van der Waals surface area contributed by atoms with Gasteiger partial charge in [0.15, 0.2) is 6.10 Å². The average molecular weight is 990 g/mol. The van der Waals surface area contributed by atoms with Crippen LogP contribution >= 0.6 is 23.2 Å². The highest BCUT2D eigenvalue weighted by atomic mass is 35.5. The smallest absolute Gasteiger partial charge is 0.295 e. The number of hydrogen-bond donors (Lipinski definition) is 1. The van der Waals surface area contributed by atoms with Crippen molar-refractivity contribution < 1.29 is 29.0 Å². The van der Waals surface area contributed by atoms with Gasteiger partial charge in [0.1, 0.15) is 24.7 Å². The zero-order chi connectivity index (χ0) is 48.7. The maximum Gasteiger partial charge on any atom is 0.295 e. The zero-order valence-corrected chi connectivity index (χ0v) is 42.1. The van der Waals surface area contributed by atoms with Gasteiger partial charge in [-0.05, 0) is 138 Å². The molecule has 1 unspecified atom stereocenters. The summed E-state index contributed by atoms with van der Waals surface area (Å²) in [7, 11) is 3.86. The lowest BCUT2D eigenvalue weighted by atomic mass is 9.98. The third-order valence-corrected chi connectivity index (χ3v) is 15.7. The zero-order valence-electron chi connectivity index (χ0n) is 40.5. The molecule has 1 atom stereocenters. The van der Waals surface area contributed by atoms with Crippen molar-refractivity contribution in [2.75, 3.05) is 52.4 Å². The third kappa shape index (κ3) is 11.1. The normalized spacial score (nSPS) is 18.1. The maximum atomic E-state index is 13.6. The lowest BCUT2D eigenvalue weighted by Gasteiger charge is -2.40. The number of aliphatic hydroxyl groups excluding tert-OH is 1. The number of carbonyl (C=O) groups is 3. The fraction of sp³-hybridized carbons (Fsp3) is 0.446. The van der Waals surface area contributed by atoms with Gasteiger partial charge < -0.3 is 43.3 Å². The Morgan fingerprint density at radius 2 is 0.986 bits per heavy atom. The van der Waals surface area contributed by atoms with Crippen LogP contribution in [0.4, 0.5) is 0 Å². The number of nitrogens with zero attached hydrogens (tertiary/aromatic N) is 6. The quantitative estimate of drug-likeness (QED) is 0.0953. The molecular formula is C56H66Cl2N6O6. The Balaban J connectivity index is 0.000000174. The van der Waals surface area contributed by atoms with Crippen molar-refractivity contribution in [2.24, 2.45) is 14.1 Å². The van der Waals surface area contributed by atoms with Crippen molar-refractivity contribution in [1.29, 1.82) is 0 Å². The number of aliphatic hydroxyl groups is 1. The van der Waals surface area contributed by atoms with Crippen molar-refractivity contribution in [3.05, 3.63) is 130 Å².